The molecule has 0 saturated carbocycles. The first-order valence-corrected chi connectivity index (χ1v) is 7.07. The predicted molar refractivity (Wildman–Crippen MR) is 74.5 cm³/mol. The zero-order chi connectivity index (χ0) is 13.2. The summed E-state index contributed by atoms with van der Waals surface area (Å²) >= 11 is 6.18. The van der Waals surface area contributed by atoms with Gasteiger partial charge in [0.2, 0.25) is 0 Å². The first-order chi connectivity index (χ1) is 8.51. The van der Waals surface area contributed by atoms with Crippen LogP contribution in [-0.2, 0) is 6.42 Å². The van der Waals surface area contributed by atoms with Crippen LogP contribution < -0.4 is 5.32 Å². The Labute approximate surface area is 114 Å². The number of hydrogen-bond acceptors (Lipinski definition) is 1. The van der Waals surface area contributed by atoms with E-state index in [0.717, 1.165) is 31.4 Å². The molecule has 0 spiro atoms. The van der Waals surface area contributed by atoms with E-state index in [4.69, 9.17) is 11.6 Å². The van der Waals surface area contributed by atoms with Crippen molar-refractivity contribution in [1.29, 1.82) is 0 Å². The molecular weight excluding hydrogens is 249 g/mol. The fourth-order valence-corrected chi connectivity index (χ4v) is 3.28. The minimum atomic E-state index is -0.202. The van der Waals surface area contributed by atoms with Gasteiger partial charge in [-0.25, -0.2) is 4.39 Å². The third kappa shape index (κ3) is 3.24. The largest absolute Gasteiger partial charge is 0.311 e. The Hall–Kier alpha value is -0.600. The normalized spacial score (nSPS) is 23.8. The van der Waals surface area contributed by atoms with Crippen LogP contribution in [0.1, 0.15) is 38.7 Å². The van der Waals surface area contributed by atoms with Crippen molar-refractivity contribution < 1.29 is 4.39 Å². The minimum absolute atomic E-state index is 0.103. The first kappa shape index (κ1) is 13.8. The molecule has 0 amide bonds. The second-order valence-corrected chi connectivity index (χ2v) is 6.23. The average molecular weight is 270 g/mol. The van der Waals surface area contributed by atoms with E-state index in [-0.39, 0.29) is 11.4 Å². The topological polar surface area (TPSA) is 12.0 Å². The van der Waals surface area contributed by atoms with Crippen molar-refractivity contribution in [3.8, 4) is 0 Å². The standard InChI is InChI=1S/C15H21ClFN/c1-11(2)9-15(6-3-7-18-15)10-12-8-13(17)4-5-14(12)16/h4-5,8,11,18H,3,6-7,9-10H2,1-2H3. The van der Waals surface area contributed by atoms with Crippen LogP contribution in [0.15, 0.2) is 18.2 Å². The lowest BCUT2D eigenvalue weighted by Gasteiger charge is -2.32. The van der Waals surface area contributed by atoms with E-state index in [0.29, 0.717) is 10.9 Å². The molecule has 1 atom stereocenters. The molecule has 1 aliphatic heterocycles. The maximum atomic E-state index is 13.3. The van der Waals surface area contributed by atoms with Gasteiger partial charge in [-0.1, -0.05) is 25.4 Å². The van der Waals surface area contributed by atoms with E-state index in [1.54, 1.807) is 12.1 Å². The summed E-state index contributed by atoms with van der Waals surface area (Å²) in [5.41, 5.74) is 1.03. The number of hydrogen-bond donors (Lipinski definition) is 1. The molecular formula is C15H21ClFN. The summed E-state index contributed by atoms with van der Waals surface area (Å²) in [5, 5.41) is 4.29. The summed E-state index contributed by atoms with van der Waals surface area (Å²) in [6.45, 7) is 5.52. The highest BCUT2D eigenvalue weighted by atomic mass is 35.5. The van der Waals surface area contributed by atoms with Gasteiger partial charge in [-0.05, 0) is 61.9 Å². The molecule has 100 valence electrons. The van der Waals surface area contributed by atoms with E-state index in [9.17, 15) is 4.39 Å². The van der Waals surface area contributed by atoms with Gasteiger partial charge in [-0.3, -0.25) is 0 Å². The summed E-state index contributed by atoms with van der Waals surface area (Å²) in [7, 11) is 0. The van der Waals surface area contributed by atoms with Crippen molar-refractivity contribution in [2.45, 2.75) is 45.1 Å². The van der Waals surface area contributed by atoms with Crippen molar-refractivity contribution in [3.05, 3.63) is 34.6 Å². The quantitative estimate of drug-likeness (QED) is 0.864. The molecule has 1 N–H and O–H groups in total. The van der Waals surface area contributed by atoms with Crippen LogP contribution in [-0.4, -0.2) is 12.1 Å². The number of nitrogens with one attached hydrogen (secondary N) is 1. The van der Waals surface area contributed by atoms with Crippen LogP contribution in [0.3, 0.4) is 0 Å². The minimum Gasteiger partial charge on any atom is -0.311 e. The molecule has 1 nitrogen and oxygen atoms in total. The first-order valence-electron chi connectivity index (χ1n) is 6.70. The van der Waals surface area contributed by atoms with Gasteiger partial charge in [0.15, 0.2) is 0 Å². The van der Waals surface area contributed by atoms with Crippen LogP contribution in [0.2, 0.25) is 5.02 Å². The lowest BCUT2D eigenvalue weighted by atomic mass is 9.82. The maximum absolute atomic E-state index is 13.3. The zero-order valence-electron chi connectivity index (χ0n) is 11.1. The summed E-state index contributed by atoms with van der Waals surface area (Å²) < 4.78 is 13.3. The number of benzene rings is 1. The van der Waals surface area contributed by atoms with Crippen molar-refractivity contribution in [2.24, 2.45) is 5.92 Å². The van der Waals surface area contributed by atoms with Crippen LogP contribution in [0.5, 0.6) is 0 Å². The molecule has 0 aliphatic carbocycles. The Morgan fingerprint density at radius 1 is 1.44 bits per heavy atom. The summed E-state index contributed by atoms with van der Waals surface area (Å²) in [6.07, 6.45) is 4.28. The highest BCUT2D eigenvalue weighted by Crippen LogP contribution is 2.32. The predicted octanol–water partition coefficient (Wildman–Crippen LogP) is 4.19. The second-order valence-electron chi connectivity index (χ2n) is 5.82. The van der Waals surface area contributed by atoms with E-state index < -0.39 is 0 Å². The molecule has 1 fully saturated rings. The van der Waals surface area contributed by atoms with E-state index >= 15 is 0 Å². The summed E-state index contributed by atoms with van der Waals surface area (Å²) in [6, 6.07) is 4.65. The lowest BCUT2D eigenvalue weighted by molar-refractivity contribution is 0.301. The molecule has 1 aliphatic rings. The maximum Gasteiger partial charge on any atom is 0.123 e. The molecule has 2 rings (SSSR count). The van der Waals surface area contributed by atoms with E-state index in [2.05, 4.69) is 19.2 Å². The summed E-state index contributed by atoms with van der Waals surface area (Å²) in [4.78, 5) is 0. The highest BCUT2D eigenvalue weighted by molar-refractivity contribution is 6.31. The Kier molecular flexibility index (Phi) is 4.29. The van der Waals surface area contributed by atoms with Gasteiger partial charge in [0.25, 0.3) is 0 Å². The van der Waals surface area contributed by atoms with Crippen molar-refractivity contribution in [2.75, 3.05) is 6.54 Å². The molecule has 1 unspecified atom stereocenters. The van der Waals surface area contributed by atoms with Gasteiger partial charge in [0, 0.05) is 10.6 Å². The molecule has 0 radical (unpaired) electrons. The average Bonchev–Trinajstić information content (AvgIpc) is 2.71. The molecule has 3 heteroatoms. The highest BCUT2D eigenvalue weighted by Gasteiger charge is 2.34. The van der Waals surface area contributed by atoms with Crippen LogP contribution in [0, 0.1) is 11.7 Å². The third-order valence-corrected chi connectivity index (χ3v) is 4.04. The fraction of sp³-hybridized carbons (Fsp3) is 0.600. The fourth-order valence-electron chi connectivity index (χ4n) is 3.09. The van der Waals surface area contributed by atoms with Crippen molar-refractivity contribution in [3.63, 3.8) is 0 Å². The van der Waals surface area contributed by atoms with E-state index in [1.165, 1.54) is 12.5 Å². The lowest BCUT2D eigenvalue weighted by Crippen LogP contribution is -2.43. The Morgan fingerprint density at radius 3 is 2.83 bits per heavy atom. The Bertz CT molecular complexity index is 411. The third-order valence-electron chi connectivity index (χ3n) is 3.67. The SMILES string of the molecule is CC(C)CC1(Cc2cc(F)ccc2Cl)CCCN1. The van der Waals surface area contributed by atoms with Crippen LogP contribution in [0.25, 0.3) is 0 Å². The molecule has 0 aromatic heterocycles. The molecule has 1 aromatic carbocycles. The van der Waals surface area contributed by atoms with Gasteiger partial charge < -0.3 is 5.32 Å². The van der Waals surface area contributed by atoms with Crippen molar-refractivity contribution >= 4 is 11.6 Å². The van der Waals surface area contributed by atoms with Crippen molar-refractivity contribution in [1.82, 2.24) is 5.32 Å². The monoisotopic (exact) mass is 269 g/mol. The molecule has 18 heavy (non-hydrogen) atoms. The molecule has 1 saturated heterocycles. The number of halogens is 2. The van der Waals surface area contributed by atoms with Crippen LogP contribution >= 0.6 is 11.6 Å². The number of rotatable bonds is 4. The smallest absolute Gasteiger partial charge is 0.123 e. The van der Waals surface area contributed by atoms with Crippen LogP contribution in [0.4, 0.5) is 4.39 Å². The Balaban J connectivity index is 2.20. The van der Waals surface area contributed by atoms with Gasteiger partial charge in [0.1, 0.15) is 5.82 Å². The second kappa shape index (κ2) is 5.58. The molecule has 0 bridgehead atoms. The van der Waals surface area contributed by atoms with Gasteiger partial charge >= 0.3 is 0 Å². The van der Waals surface area contributed by atoms with Gasteiger partial charge in [-0.15, -0.1) is 0 Å². The van der Waals surface area contributed by atoms with Gasteiger partial charge in [0.05, 0.1) is 0 Å². The Morgan fingerprint density at radius 2 is 2.22 bits per heavy atom. The molecule has 1 aromatic rings. The molecule has 1 heterocycles. The van der Waals surface area contributed by atoms with E-state index in [1.807, 2.05) is 0 Å². The van der Waals surface area contributed by atoms with Gasteiger partial charge in [-0.2, -0.15) is 0 Å². The zero-order valence-corrected chi connectivity index (χ0v) is 11.9. The summed E-state index contributed by atoms with van der Waals surface area (Å²) in [5.74, 6) is 0.426.